The lowest BCUT2D eigenvalue weighted by molar-refractivity contribution is -0.132. The highest BCUT2D eigenvalue weighted by Crippen LogP contribution is 2.44. The molecule has 0 bridgehead atoms. The number of anilines is 1. The van der Waals surface area contributed by atoms with Crippen molar-refractivity contribution in [3.05, 3.63) is 80.8 Å². The first-order valence-electron chi connectivity index (χ1n) is 10.5. The topological polar surface area (TPSA) is 96.8 Å². The van der Waals surface area contributed by atoms with Crippen molar-refractivity contribution >= 4 is 51.3 Å². The summed E-state index contributed by atoms with van der Waals surface area (Å²) in [5.74, 6) is -1.65. The molecule has 1 aliphatic heterocycles. The Morgan fingerprint density at radius 3 is 2.53 bits per heavy atom. The van der Waals surface area contributed by atoms with Gasteiger partial charge in [0.15, 0.2) is 10.9 Å². The number of ether oxygens (including phenoxy) is 1. The van der Waals surface area contributed by atoms with E-state index in [2.05, 4.69) is 4.98 Å². The molecule has 9 heteroatoms. The van der Waals surface area contributed by atoms with E-state index >= 15 is 0 Å². The molecule has 0 aliphatic carbocycles. The summed E-state index contributed by atoms with van der Waals surface area (Å²) >= 11 is 7.00. The van der Waals surface area contributed by atoms with Crippen molar-refractivity contribution in [1.29, 1.82) is 0 Å². The molecule has 4 rings (SSSR count). The normalized spacial score (nSPS) is 17.3. The second-order valence-electron chi connectivity index (χ2n) is 7.65. The van der Waals surface area contributed by atoms with Crippen LogP contribution in [0.4, 0.5) is 5.13 Å². The molecule has 0 radical (unpaired) electrons. The smallest absolute Gasteiger partial charge is 0.301 e. The number of hydrogen-bond donors (Lipinski definition) is 1. The third-order valence-corrected chi connectivity index (χ3v) is 6.87. The summed E-state index contributed by atoms with van der Waals surface area (Å²) < 4.78 is 5.61. The predicted octanol–water partition coefficient (Wildman–Crippen LogP) is 5.33. The molecule has 2 heterocycles. The van der Waals surface area contributed by atoms with Crippen molar-refractivity contribution < 1.29 is 24.2 Å². The summed E-state index contributed by atoms with van der Waals surface area (Å²) in [5, 5.41) is 11.8. The maximum absolute atomic E-state index is 13.3. The van der Waals surface area contributed by atoms with Crippen molar-refractivity contribution in [1.82, 2.24) is 4.98 Å². The fourth-order valence-electron chi connectivity index (χ4n) is 3.86. The van der Waals surface area contributed by atoms with E-state index in [-0.39, 0.29) is 22.2 Å². The summed E-state index contributed by atoms with van der Waals surface area (Å²) in [6.07, 6.45) is 0. The first-order chi connectivity index (χ1) is 16.2. The molecule has 1 N–H and O–H groups in total. The van der Waals surface area contributed by atoms with Crippen molar-refractivity contribution in [2.45, 2.75) is 26.8 Å². The molecule has 3 aromatic rings. The number of rotatable bonds is 6. The monoisotopic (exact) mass is 496 g/mol. The number of carbonyl (C=O) groups excluding carboxylic acids is 3. The average Bonchev–Trinajstić information content (AvgIpc) is 3.31. The van der Waals surface area contributed by atoms with Crippen LogP contribution < -0.4 is 9.64 Å². The van der Waals surface area contributed by atoms with E-state index in [1.54, 1.807) is 55.5 Å². The Balaban J connectivity index is 1.95. The number of aliphatic hydroxyl groups excluding tert-OH is 1. The first kappa shape index (κ1) is 23.7. The largest absolute Gasteiger partial charge is 0.507 e. The number of benzene rings is 2. The lowest BCUT2D eigenvalue weighted by Crippen LogP contribution is -2.29. The van der Waals surface area contributed by atoms with Gasteiger partial charge >= 0.3 is 5.91 Å². The zero-order valence-corrected chi connectivity index (χ0v) is 20.2. The molecule has 0 saturated carbocycles. The Labute approximate surface area is 205 Å². The van der Waals surface area contributed by atoms with E-state index in [1.807, 2.05) is 6.92 Å². The molecule has 1 aromatic heterocycles. The number of nitrogens with zero attached hydrogens (tertiary/aromatic N) is 2. The predicted molar refractivity (Wildman–Crippen MR) is 131 cm³/mol. The van der Waals surface area contributed by atoms with Gasteiger partial charge in [-0.2, -0.15) is 0 Å². The Hall–Kier alpha value is -3.49. The van der Waals surface area contributed by atoms with Gasteiger partial charge < -0.3 is 9.84 Å². The highest BCUT2D eigenvalue weighted by molar-refractivity contribution is 7.18. The fraction of sp³-hybridized carbons (Fsp3) is 0.200. The molecule has 0 spiro atoms. The molecule has 1 amide bonds. The van der Waals surface area contributed by atoms with Crippen LogP contribution in [0.2, 0.25) is 5.02 Å². The number of hydrogen-bond acceptors (Lipinski definition) is 7. The second kappa shape index (κ2) is 9.40. The van der Waals surface area contributed by atoms with Crippen LogP contribution >= 0.6 is 22.9 Å². The third-order valence-electron chi connectivity index (χ3n) is 5.36. The van der Waals surface area contributed by atoms with E-state index in [9.17, 15) is 19.5 Å². The van der Waals surface area contributed by atoms with Gasteiger partial charge in [-0.15, -0.1) is 0 Å². The Morgan fingerprint density at radius 2 is 1.91 bits per heavy atom. The Kier molecular flexibility index (Phi) is 6.54. The van der Waals surface area contributed by atoms with Crippen LogP contribution in [0.3, 0.4) is 0 Å². The molecule has 2 aromatic carbocycles. The maximum Gasteiger partial charge on any atom is 0.301 e. The fourth-order valence-corrected chi connectivity index (χ4v) is 4.98. The lowest BCUT2D eigenvalue weighted by Gasteiger charge is -2.23. The van der Waals surface area contributed by atoms with Crippen LogP contribution in [0.5, 0.6) is 5.75 Å². The number of aromatic nitrogens is 1. The van der Waals surface area contributed by atoms with Crippen molar-refractivity contribution in [3.63, 3.8) is 0 Å². The number of aryl methyl sites for hydroxylation is 1. The van der Waals surface area contributed by atoms with Crippen LogP contribution in [0, 0.1) is 6.92 Å². The maximum atomic E-state index is 13.3. The van der Waals surface area contributed by atoms with E-state index in [1.165, 1.54) is 11.8 Å². The average molecular weight is 497 g/mol. The number of Topliss-reactive ketones (excluding diaryl/α,β-unsaturated/α-hetero) is 2. The molecular formula is C25H21ClN2O5S. The van der Waals surface area contributed by atoms with Gasteiger partial charge in [0.05, 0.1) is 28.8 Å². The third kappa shape index (κ3) is 4.22. The van der Waals surface area contributed by atoms with Gasteiger partial charge in [-0.25, -0.2) is 4.98 Å². The number of carbonyl (C=O) groups is 3. The molecule has 1 unspecified atom stereocenters. The number of amides is 1. The van der Waals surface area contributed by atoms with E-state index in [4.69, 9.17) is 16.3 Å². The minimum Gasteiger partial charge on any atom is -0.507 e. The minimum atomic E-state index is -0.971. The Morgan fingerprint density at radius 1 is 1.21 bits per heavy atom. The molecule has 174 valence electrons. The molecule has 7 nitrogen and oxygen atoms in total. The van der Waals surface area contributed by atoms with Crippen molar-refractivity contribution in [3.8, 4) is 5.75 Å². The number of ketones is 2. The molecule has 1 fully saturated rings. The molecule has 1 saturated heterocycles. The van der Waals surface area contributed by atoms with Gasteiger partial charge in [0.2, 0.25) is 0 Å². The summed E-state index contributed by atoms with van der Waals surface area (Å²) in [4.78, 5) is 44.5. The van der Waals surface area contributed by atoms with Crippen LogP contribution in [0.25, 0.3) is 5.76 Å². The zero-order chi connectivity index (χ0) is 24.6. The lowest BCUT2D eigenvalue weighted by atomic mass is 9.95. The highest BCUT2D eigenvalue weighted by Gasteiger charge is 2.48. The van der Waals surface area contributed by atoms with Gasteiger partial charge in [0, 0.05) is 17.5 Å². The molecular weight excluding hydrogens is 476 g/mol. The zero-order valence-electron chi connectivity index (χ0n) is 18.7. The van der Waals surface area contributed by atoms with Gasteiger partial charge in [0.1, 0.15) is 11.5 Å². The summed E-state index contributed by atoms with van der Waals surface area (Å²) in [7, 11) is 0. The van der Waals surface area contributed by atoms with Gasteiger partial charge in [-0.05, 0) is 55.8 Å². The molecule has 1 atom stereocenters. The number of thiazole rings is 1. The number of halogens is 1. The van der Waals surface area contributed by atoms with Crippen LogP contribution in [0.15, 0.2) is 54.1 Å². The van der Waals surface area contributed by atoms with Gasteiger partial charge in [-0.1, -0.05) is 35.1 Å². The van der Waals surface area contributed by atoms with E-state index in [0.29, 0.717) is 39.1 Å². The standard InChI is InChI=1S/C25H21ClN2O5S/c1-4-33-18-7-5-6-16(12-18)20-19(21(30)15-8-10-17(26)11-9-15)22(31)24(32)28(20)25-27-13(2)23(34-25)14(3)29/h5-12,20,30H,4H2,1-3H3. The SMILES string of the molecule is CCOc1cccc(C2C(=C(O)c3ccc(Cl)cc3)C(=O)C(=O)N2c2nc(C)c(C(C)=O)s2)c1. The summed E-state index contributed by atoms with van der Waals surface area (Å²) in [6, 6.07) is 12.3. The molecule has 1 aliphatic rings. The second-order valence-corrected chi connectivity index (χ2v) is 9.06. The van der Waals surface area contributed by atoms with Crippen molar-refractivity contribution in [2.24, 2.45) is 0 Å². The van der Waals surface area contributed by atoms with Gasteiger partial charge in [0.25, 0.3) is 5.78 Å². The number of aliphatic hydroxyl groups is 1. The highest BCUT2D eigenvalue weighted by atomic mass is 35.5. The molecule has 34 heavy (non-hydrogen) atoms. The quantitative estimate of drug-likeness (QED) is 0.214. The Bertz CT molecular complexity index is 1330. The minimum absolute atomic E-state index is 0.0850. The van der Waals surface area contributed by atoms with Crippen LogP contribution in [0.1, 0.15) is 46.4 Å². The van der Waals surface area contributed by atoms with Crippen LogP contribution in [-0.2, 0) is 9.59 Å². The summed E-state index contributed by atoms with van der Waals surface area (Å²) in [5.41, 5.74) is 1.28. The van der Waals surface area contributed by atoms with Crippen molar-refractivity contribution in [2.75, 3.05) is 11.5 Å². The van der Waals surface area contributed by atoms with E-state index < -0.39 is 17.7 Å². The van der Waals surface area contributed by atoms with Gasteiger partial charge in [-0.3, -0.25) is 19.3 Å². The summed E-state index contributed by atoms with van der Waals surface area (Å²) in [6.45, 7) is 5.37. The van der Waals surface area contributed by atoms with E-state index in [0.717, 1.165) is 11.3 Å². The first-order valence-corrected chi connectivity index (χ1v) is 11.7. The van der Waals surface area contributed by atoms with Crippen LogP contribution in [-0.4, -0.2) is 34.2 Å².